The predicted molar refractivity (Wildman–Crippen MR) is 73.7 cm³/mol. The fourth-order valence-corrected chi connectivity index (χ4v) is 3.29. The minimum atomic E-state index is 0.556. The maximum absolute atomic E-state index is 4.34. The second-order valence-electron chi connectivity index (χ2n) is 4.94. The van der Waals surface area contributed by atoms with Gasteiger partial charge in [-0.1, -0.05) is 12.1 Å². The average Bonchev–Trinajstić information content (AvgIpc) is 2.39. The maximum atomic E-state index is 4.34. The van der Waals surface area contributed by atoms with Gasteiger partial charge in [0.15, 0.2) is 0 Å². The Morgan fingerprint density at radius 2 is 2.24 bits per heavy atom. The van der Waals surface area contributed by atoms with Crippen LogP contribution < -0.4 is 5.32 Å². The Balaban J connectivity index is 1.90. The van der Waals surface area contributed by atoms with Gasteiger partial charge in [0.1, 0.15) is 4.60 Å². The third kappa shape index (κ3) is 2.31. The molecule has 2 atom stereocenters. The molecule has 0 aromatic carbocycles. The van der Waals surface area contributed by atoms with Gasteiger partial charge in [0.05, 0.1) is 0 Å². The highest BCUT2D eigenvalue weighted by Crippen LogP contribution is 2.35. The first kappa shape index (κ1) is 11.4. The van der Waals surface area contributed by atoms with Crippen LogP contribution in [0.2, 0.25) is 0 Å². The standard InChI is InChI=1S/C14H17BrN2/c15-13-7-6-11(9-17-13)12-5-1-3-10-4-2-8-16-14(10)12/h5-7,9-10,14,16H,1-4,8H2. The van der Waals surface area contributed by atoms with Gasteiger partial charge in [0, 0.05) is 12.2 Å². The van der Waals surface area contributed by atoms with E-state index in [4.69, 9.17) is 0 Å². The highest BCUT2D eigenvalue weighted by Gasteiger charge is 2.30. The first-order chi connectivity index (χ1) is 8.34. The number of pyridine rings is 1. The van der Waals surface area contributed by atoms with E-state index in [0.717, 1.165) is 17.1 Å². The molecular weight excluding hydrogens is 276 g/mol. The summed E-state index contributed by atoms with van der Waals surface area (Å²) in [6, 6.07) is 4.75. The van der Waals surface area contributed by atoms with Gasteiger partial charge in [-0.15, -0.1) is 0 Å². The maximum Gasteiger partial charge on any atom is 0.106 e. The molecule has 1 fully saturated rings. The van der Waals surface area contributed by atoms with Crippen molar-refractivity contribution in [3.63, 3.8) is 0 Å². The molecule has 3 rings (SSSR count). The van der Waals surface area contributed by atoms with E-state index in [1.165, 1.54) is 36.8 Å². The number of fused-ring (bicyclic) bond motifs is 1. The Labute approximate surface area is 111 Å². The lowest BCUT2D eigenvalue weighted by atomic mass is 9.77. The number of hydrogen-bond donors (Lipinski definition) is 1. The molecule has 1 aromatic heterocycles. The third-order valence-corrected chi connectivity index (χ3v) is 4.35. The molecule has 0 saturated carbocycles. The molecule has 1 N–H and O–H groups in total. The van der Waals surface area contributed by atoms with Gasteiger partial charge in [-0.2, -0.15) is 0 Å². The van der Waals surface area contributed by atoms with E-state index in [1.54, 1.807) is 0 Å². The van der Waals surface area contributed by atoms with Crippen LogP contribution in [0, 0.1) is 5.92 Å². The van der Waals surface area contributed by atoms with Gasteiger partial charge in [0.25, 0.3) is 0 Å². The highest BCUT2D eigenvalue weighted by atomic mass is 79.9. The molecule has 2 heterocycles. The van der Waals surface area contributed by atoms with Crippen molar-refractivity contribution < 1.29 is 0 Å². The van der Waals surface area contributed by atoms with Crippen molar-refractivity contribution in [1.29, 1.82) is 0 Å². The average molecular weight is 293 g/mol. The Morgan fingerprint density at radius 3 is 3.06 bits per heavy atom. The van der Waals surface area contributed by atoms with Crippen molar-refractivity contribution >= 4 is 21.5 Å². The summed E-state index contributed by atoms with van der Waals surface area (Å²) >= 11 is 3.39. The summed E-state index contributed by atoms with van der Waals surface area (Å²) in [7, 11) is 0. The summed E-state index contributed by atoms with van der Waals surface area (Å²) in [5.74, 6) is 0.826. The molecule has 0 radical (unpaired) electrons. The second-order valence-corrected chi connectivity index (χ2v) is 5.75. The molecule has 0 amide bonds. The minimum absolute atomic E-state index is 0.556. The van der Waals surface area contributed by atoms with Crippen LogP contribution in [-0.4, -0.2) is 17.6 Å². The highest BCUT2D eigenvalue weighted by molar-refractivity contribution is 9.10. The molecule has 1 saturated heterocycles. The number of nitrogens with one attached hydrogen (secondary N) is 1. The largest absolute Gasteiger partial charge is 0.310 e. The second kappa shape index (κ2) is 4.91. The molecule has 2 unspecified atom stereocenters. The molecule has 2 nitrogen and oxygen atoms in total. The Hall–Kier alpha value is -0.670. The zero-order chi connectivity index (χ0) is 11.7. The topological polar surface area (TPSA) is 24.9 Å². The monoisotopic (exact) mass is 292 g/mol. The van der Waals surface area contributed by atoms with Gasteiger partial charge in [0.2, 0.25) is 0 Å². The van der Waals surface area contributed by atoms with E-state index >= 15 is 0 Å². The van der Waals surface area contributed by atoms with Crippen molar-refractivity contribution in [2.45, 2.75) is 31.7 Å². The van der Waals surface area contributed by atoms with Crippen LogP contribution in [-0.2, 0) is 0 Å². The van der Waals surface area contributed by atoms with Crippen LogP contribution in [0.4, 0.5) is 0 Å². The zero-order valence-electron chi connectivity index (χ0n) is 9.82. The SMILES string of the molecule is Brc1ccc(C2=CCCC3CCCNC23)cn1. The molecule has 1 aliphatic carbocycles. The first-order valence-electron chi connectivity index (χ1n) is 6.40. The lowest BCUT2D eigenvalue weighted by Crippen LogP contribution is -2.43. The fraction of sp³-hybridized carbons (Fsp3) is 0.500. The molecule has 0 spiro atoms. The molecule has 2 aliphatic rings. The molecule has 1 aromatic rings. The van der Waals surface area contributed by atoms with Crippen molar-refractivity contribution in [2.75, 3.05) is 6.54 Å². The number of halogens is 1. The lowest BCUT2D eigenvalue weighted by molar-refractivity contribution is 0.304. The van der Waals surface area contributed by atoms with Gasteiger partial charge in [-0.05, 0) is 71.3 Å². The van der Waals surface area contributed by atoms with Crippen molar-refractivity contribution in [3.8, 4) is 0 Å². The summed E-state index contributed by atoms with van der Waals surface area (Å²) in [6.45, 7) is 1.16. The van der Waals surface area contributed by atoms with Crippen LogP contribution in [0.1, 0.15) is 31.2 Å². The van der Waals surface area contributed by atoms with E-state index in [0.29, 0.717) is 6.04 Å². The van der Waals surface area contributed by atoms with E-state index in [9.17, 15) is 0 Å². The number of hydrogen-bond acceptors (Lipinski definition) is 2. The van der Waals surface area contributed by atoms with Gasteiger partial charge in [-0.3, -0.25) is 0 Å². The normalized spacial score (nSPS) is 28.4. The van der Waals surface area contributed by atoms with Gasteiger partial charge in [-0.25, -0.2) is 4.98 Å². The smallest absolute Gasteiger partial charge is 0.106 e. The first-order valence-corrected chi connectivity index (χ1v) is 7.19. The minimum Gasteiger partial charge on any atom is -0.310 e. The lowest BCUT2D eigenvalue weighted by Gasteiger charge is -2.37. The van der Waals surface area contributed by atoms with Crippen LogP contribution >= 0.6 is 15.9 Å². The van der Waals surface area contributed by atoms with Crippen LogP contribution in [0.15, 0.2) is 29.0 Å². The summed E-state index contributed by atoms with van der Waals surface area (Å²) < 4.78 is 0.908. The van der Waals surface area contributed by atoms with Crippen molar-refractivity contribution in [1.82, 2.24) is 10.3 Å². The van der Waals surface area contributed by atoms with Crippen LogP contribution in [0.25, 0.3) is 5.57 Å². The Bertz CT molecular complexity index is 424. The number of nitrogens with zero attached hydrogens (tertiary/aromatic N) is 1. The van der Waals surface area contributed by atoms with Crippen molar-refractivity contribution in [2.24, 2.45) is 5.92 Å². The number of allylic oxidation sites excluding steroid dienone is 1. The Kier molecular flexibility index (Phi) is 3.30. The van der Waals surface area contributed by atoms with Crippen LogP contribution in [0.3, 0.4) is 0 Å². The number of rotatable bonds is 1. The summed E-state index contributed by atoms with van der Waals surface area (Å²) in [5, 5.41) is 3.68. The predicted octanol–water partition coefficient (Wildman–Crippen LogP) is 3.39. The third-order valence-electron chi connectivity index (χ3n) is 3.88. The molecule has 17 heavy (non-hydrogen) atoms. The molecule has 3 heteroatoms. The molecular formula is C14H17BrN2. The number of aromatic nitrogens is 1. The van der Waals surface area contributed by atoms with Gasteiger partial charge < -0.3 is 5.32 Å². The van der Waals surface area contributed by atoms with E-state index in [2.05, 4.69) is 38.4 Å². The van der Waals surface area contributed by atoms with E-state index in [1.807, 2.05) is 12.3 Å². The van der Waals surface area contributed by atoms with Gasteiger partial charge >= 0.3 is 0 Å². The zero-order valence-corrected chi connectivity index (χ0v) is 11.4. The Morgan fingerprint density at radius 1 is 1.29 bits per heavy atom. The summed E-state index contributed by atoms with van der Waals surface area (Å²) in [4.78, 5) is 4.34. The number of piperidine rings is 1. The fourth-order valence-electron chi connectivity index (χ4n) is 3.05. The van der Waals surface area contributed by atoms with Crippen LogP contribution in [0.5, 0.6) is 0 Å². The molecule has 90 valence electrons. The quantitative estimate of drug-likeness (QED) is 0.803. The van der Waals surface area contributed by atoms with E-state index in [-0.39, 0.29) is 0 Å². The molecule has 0 bridgehead atoms. The summed E-state index contributed by atoms with van der Waals surface area (Å²) in [6.07, 6.45) is 9.63. The van der Waals surface area contributed by atoms with E-state index < -0.39 is 0 Å². The van der Waals surface area contributed by atoms with Crippen molar-refractivity contribution in [3.05, 3.63) is 34.6 Å². The molecule has 1 aliphatic heterocycles. The summed E-state index contributed by atoms with van der Waals surface area (Å²) in [5.41, 5.74) is 2.73.